The number of carbonyl (C=O) groups is 1. The Labute approximate surface area is 110 Å². The average molecular weight is 253 g/mol. The summed E-state index contributed by atoms with van der Waals surface area (Å²) in [6.45, 7) is 7.87. The second-order valence-electron chi connectivity index (χ2n) is 6.15. The summed E-state index contributed by atoms with van der Waals surface area (Å²) in [4.78, 5) is 14.0. The van der Waals surface area contributed by atoms with Crippen LogP contribution in [0.25, 0.3) is 0 Å². The highest BCUT2D eigenvalue weighted by Gasteiger charge is 2.25. The number of nitrogens with zero attached hydrogens (tertiary/aromatic N) is 1. The zero-order valence-corrected chi connectivity index (χ0v) is 11.7. The maximum Gasteiger partial charge on any atom is 0.234 e. The second kappa shape index (κ2) is 6.53. The molecule has 0 radical (unpaired) electrons. The lowest BCUT2D eigenvalue weighted by Crippen LogP contribution is -2.45. The van der Waals surface area contributed by atoms with Gasteiger partial charge in [0.15, 0.2) is 0 Å². The molecule has 0 aromatic heterocycles. The molecule has 104 valence electrons. The van der Waals surface area contributed by atoms with Crippen LogP contribution in [0.15, 0.2) is 0 Å². The monoisotopic (exact) mass is 253 g/mol. The summed E-state index contributed by atoms with van der Waals surface area (Å²) in [5, 5.41) is 6.57. The highest BCUT2D eigenvalue weighted by atomic mass is 16.2. The molecule has 0 bridgehead atoms. The zero-order chi connectivity index (χ0) is 13.0. The molecule has 1 atom stereocenters. The second-order valence-corrected chi connectivity index (χ2v) is 6.15. The molecule has 0 aromatic carbocycles. The van der Waals surface area contributed by atoms with Gasteiger partial charge in [-0.25, -0.2) is 0 Å². The van der Waals surface area contributed by atoms with Crippen LogP contribution >= 0.6 is 0 Å². The molecule has 1 unspecified atom stereocenters. The molecule has 4 heteroatoms. The van der Waals surface area contributed by atoms with Gasteiger partial charge in [-0.3, -0.25) is 9.69 Å². The molecule has 1 aliphatic heterocycles. The predicted molar refractivity (Wildman–Crippen MR) is 73.5 cm³/mol. The van der Waals surface area contributed by atoms with Crippen molar-refractivity contribution >= 4 is 5.91 Å². The molecule has 0 spiro atoms. The molecule has 1 saturated carbocycles. The van der Waals surface area contributed by atoms with E-state index in [0.717, 1.165) is 31.6 Å². The Morgan fingerprint density at radius 2 is 2.11 bits per heavy atom. The van der Waals surface area contributed by atoms with Crippen LogP contribution in [0, 0.1) is 5.92 Å². The van der Waals surface area contributed by atoms with E-state index in [9.17, 15) is 4.79 Å². The lowest BCUT2D eigenvalue weighted by Gasteiger charge is -2.32. The van der Waals surface area contributed by atoms with Crippen molar-refractivity contribution in [3.63, 3.8) is 0 Å². The third-order valence-corrected chi connectivity index (χ3v) is 3.69. The Balaban J connectivity index is 1.66. The Bertz CT molecular complexity index is 276. The molecule has 18 heavy (non-hydrogen) atoms. The average Bonchev–Trinajstić information content (AvgIpc) is 3.09. The van der Waals surface area contributed by atoms with Crippen LogP contribution in [0.2, 0.25) is 0 Å². The van der Waals surface area contributed by atoms with Gasteiger partial charge in [0, 0.05) is 18.6 Å². The van der Waals surface area contributed by atoms with Crippen molar-refractivity contribution < 1.29 is 4.79 Å². The quantitative estimate of drug-likeness (QED) is 0.741. The zero-order valence-electron chi connectivity index (χ0n) is 11.7. The first-order valence-corrected chi connectivity index (χ1v) is 7.38. The molecular weight excluding hydrogens is 226 g/mol. The van der Waals surface area contributed by atoms with E-state index >= 15 is 0 Å². The molecule has 1 saturated heterocycles. The van der Waals surface area contributed by atoms with Gasteiger partial charge in [-0.2, -0.15) is 0 Å². The maximum atomic E-state index is 11.7. The van der Waals surface area contributed by atoms with Crippen molar-refractivity contribution in [3.05, 3.63) is 0 Å². The van der Waals surface area contributed by atoms with Gasteiger partial charge in [0.05, 0.1) is 6.54 Å². The molecular formula is C14H27N3O. The van der Waals surface area contributed by atoms with Crippen LogP contribution < -0.4 is 10.6 Å². The van der Waals surface area contributed by atoms with Gasteiger partial charge < -0.3 is 10.6 Å². The normalized spacial score (nSPS) is 25.4. The summed E-state index contributed by atoms with van der Waals surface area (Å²) in [5.41, 5.74) is 0. The van der Waals surface area contributed by atoms with E-state index in [1.807, 2.05) is 13.8 Å². The molecule has 2 N–H and O–H groups in total. The van der Waals surface area contributed by atoms with Gasteiger partial charge in [0.25, 0.3) is 0 Å². The lowest BCUT2D eigenvalue weighted by atomic mass is 9.98. The standard InChI is InChI=1S/C14H27N3O/c1-11(2)16-14(18)10-17-7-3-4-12(9-17)8-15-13-5-6-13/h11-13,15H,3-10H2,1-2H3,(H,16,18). The molecule has 2 aliphatic rings. The van der Waals surface area contributed by atoms with Gasteiger partial charge in [-0.1, -0.05) is 0 Å². The van der Waals surface area contributed by atoms with E-state index in [-0.39, 0.29) is 11.9 Å². The number of piperidine rings is 1. The number of hydrogen-bond donors (Lipinski definition) is 2. The number of carbonyl (C=O) groups excluding carboxylic acids is 1. The van der Waals surface area contributed by atoms with Gasteiger partial charge in [-0.05, 0) is 58.5 Å². The molecule has 1 aliphatic carbocycles. The van der Waals surface area contributed by atoms with E-state index in [0.29, 0.717) is 6.54 Å². The predicted octanol–water partition coefficient (Wildman–Crippen LogP) is 0.975. The van der Waals surface area contributed by atoms with Gasteiger partial charge in [0.2, 0.25) is 5.91 Å². The lowest BCUT2D eigenvalue weighted by molar-refractivity contribution is -0.123. The van der Waals surface area contributed by atoms with E-state index in [1.165, 1.54) is 25.7 Å². The van der Waals surface area contributed by atoms with Crippen molar-refractivity contribution in [2.75, 3.05) is 26.2 Å². The highest BCUT2D eigenvalue weighted by Crippen LogP contribution is 2.21. The van der Waals surface area contributed by atoms with Gasteiger partial charge in [0.1, 0.15) is 0 Å². The summed E-state index contributed by atoms with van der Waals surface area (Å²) in [6.07, 6.45) is 5.24. The number of rotatable bonds is 6. The van der Waals surface area contributed by atoms with Crippen molar-refractivity contribution in [3.8, 4) is 0 Å². The summed E-state index contributed by atoms with van der Waals surface area (Å²) in [5.74, 6) is 0.895. The summed E-state index contributed by atoms with van der Waals surface area (Å²) in [6, 6.07) is 1.04. The smallest absolute Gasteiger partial charge is 0.234 e. The maximum absolute atomic E-state index is 11.7. The van der Waals surface area contributed by atoms with Gasteiger partial charge in [-0.15, -0.1) is 0 Å². The van der Waals surface area contributed by atoms with Crippen molar-refractivity contribution in [2.24, 2.45) is 5.92 Å². The van der Waals surface area contributed by atoms with E-state index in [2.05, 4.69) is 15.5 Å². The number of amides is 1. The molecule has 1 amide bonds. The third kappa shape index (κ3) is 4.94. The van der Waals surface area contributed by atoms with Crippen molar-refractivity contribution in [1.82, 2.24) is 15.5 Å². The highest BCUT2D eigenvalue weighted by molar-refractivity contribution is 5.78. The topological polar surface area (TPSA) is 44.4 Å². The Kier molecular flexibility index (Phi) is 5.01. The summed E-state index contributed by atoms with van der Waals surface area (Å²) >= 11 is 0. The SMILES string of the molecule is CC(C)NC(=O)CN1CCCC(CNC2CC2)C1. The molecule has 1 heterocycles. The number of hydrogen-bond acceptors (Lipinski definition) is 3. The Morgan fingerprint density at radius 1 is 1.33 bits per heavy atom. The fourth-order valence-electron chi connectivity index (χ4n) is 2.65. The third-order valence-electron chi connectivity index (χ3n) is 3.69. The Morgan fingerprint density at radius 3 is 2.78 bits per heavy atom. The van der Waals surface area contributed by atoms with Gasteiger partial charge >= 0.3 is 0 Å². The summed E-state index contributed by atoms with van der Waals surface area (Å²) in [7, 11) is 0. The van der Waals surface area contributed by atoms with Crippen LogP contribution in [0.4, 0.5) is 0 Å². The first kappa shape index (κ1) is 13.8. The van der Waals surface area contributed by atoms with Crippen LogP contribution in [0.5, 0.6) is 0 Å². The summed E-state index contributed by atoms with van der Waals surface area (Å²) < 4.78 is 0. The number of nitrogens with one attached hydrogen (secondary N) is 2. The molecule has 4 nitrogen and oxygen atoms in total. The fraction of sp³-hybridized carbons (Fsp3) is 0.929. The first-order chi connectivity index (χ1) is 8.63. The van der Waals surface area contributed by atoms with Crippen LogP contribution in [0.3, 0.4) is 0 Å². The molecule has 2 fully saturated rings. The van der Waals surface area contributed by atoms with E-state index in [1.54, 1.807) is 0 Å². The van der Waals surface area contributed by atoms with Crippen molar-refractivity contribution in [1.29, 1.82) is 0 Å². The Hall–Kier alpha value is -0.610. The van der Waals surface area contributed by atoms with Crippen molar-refractivity contribution in [2.45, 2.75) is 51.6 Å². The minimum absolute atomic E-state index is 0.167. The fourth-order valence-corrected chi connectivity index (χ4v) is 2.65. The van der Waals surface area contributed by atoms with E-state index < -0.39 is 0 Å². The number of likely N-dealkylation sites (tertiary alicyclic amines) is 1. The van der Waals surface area contributed by atoms with Crippen LogP contribution in [-0.2, 0) is 4.79 Å². The van der Waals surface area contributed by atoms with Crippen LogP contribution in [0.1, 0.15) is 39.5 Å². The largest absolute Gasteiger partial charge is 0.353 e. The first-order valence-electron chi connectivity index (χ1n) is 7.38. The minimum Gasteiger partial charge on any atom is -0.353 e. The minimum atomic E-state index is 0.167. The molecule has 0 aromatic rings. The van der Waals surface area contributed by atoms with E-state index in [4.69, 9.17) is 0 Å². The van der Waals surface area contributed by atoms with Crippen LogP contribution in [-0.4, -0.2) is 49.1 Å². The molecule has 2 rings (SSSR count).